The number of amides is 1. The molecule has 0 saturated carbocycles. The van der Waals surface area contributed by atoms with Crippen LogP contribution in [0.3, 0.4) is 0 Å². The molecular formula is C19H17ClN2OS. The second kappa shape index (κ2) is 7.60. The minimum absolute atomic E-state index is 0.0271. The van der Waals surface area contributed by atoms with Crippen molar-refractivity contribution < 1.29 is 4.79 Å². The molecule has 2 aromatic carbocycles. The largest absolute Gasteiger partial charge is 0.301 e. The smallest absolute Gasteiger partial charge is 0.233 e. The van der Waals surface area contributed by atoms with Gasteiger partial charge in [-0.15, -0.1) is 11.3 Å². The van der Waals surface area contributed by atoms with E-state index < -0.39 is 0 Å². The highest BCUT2D eigenvalue weighted by atomic mass is 35.5. The SMILES string of the molecule is CC[C@@H](C(=O)Nc1nc(-c2ccc(Cl)cc2)cs1)c1ccccc1. The van der Waals surface area contributed by atoms with Crippen LogP contribution in [-0.2, 0) is 4.79 Å². The number of nitrogens with one attached hydrogen (secondary N) is 1. The van der Waals surface area contributed by atoms with E-state index in [2.05, 4.69) is 10.3 Å². The van der Waals surface area contributed by atoms with Crippen molar-refractivity contribution in [3.05, 3.63) is 70.6 Å². The molecule has 0 fully saturated rings. The molecule has 0 unspecified atom stereocenters. The van der Waals surface area contributed by atoms with Gasteiger partial charge >= 0.3 is 0 Å². The van der Waals surface area contributed by atoms with E-state index in [0.29, 0.717) is 10.2 Å². The van der Waals surface area contributed by atoms with Gasteiger partial charge in [-0.25, -0.2) is 4.98 Å². The van der Waals surface area contributed by atoms with Crippen LogP contribution in [0.1, 0.15) is 24.8 Å². The Morgan fingerprint density at radius 1 is 1.17 bits per heavy atom. The minimum Gasteiger partial charge on any atom is -0.301 e. The highest BCUT2D eigenvalue weighted by Gasteiger charge is 2.19. The van der Waals surface area contributed by atoms with E-state index in [1.807, 2.05) is 66.9 Å². The maximum atomic E-state index is 12.6. The van der Waals surface area contributed by atoms with Gasteiger partial charge in [-0.1, -0.05) is 61.0 Å². The molecule has 0 aliphatic carbocycles. The molecule has 0 radical (unpaired) electrons. The lowest BCUT2D eigenvalue weighted by Crippen LogP contribution is -2.20. The minimum atomic E-state index is -0.172. The van der Waals surface area contributed by atoms with Crippen molar-refractivity contribution in [2.75, 3.05) is 5.32 Å². The zero-order valence-electron chi connectivity index (χ0n) is 13.2. The molecule has 3 rings (SSSR count). The summed E-state index contributed by atoms with van der Waals surface area (Å²) in [4.78, 5) is 17.1. The standard InChI is InChI=1S/C19H17ClN2OS/c1-2-16(13-6-4-3-5-7-13)18(23)22-19-21-17(12-24-19)14-8-10-15(20)11-9-14/h3-12,16H,2H2,1H3,(H,21,22,23)/t16-/m1/s1. The average Bonchev–Trinajstić information content (AvgIpc) is 3.05. The van der Waals surface area contributed by atoms with Gasteiger partial charge in [-0.3, -0.25) is 4.79 Å². The molecule has 1 heterocycles. The van der Waals surface area contributed by atoms with E-state index in [4.69, 9.17) is 11.6 Å². The second-order valence-corrected chi connectivity index (χ2v) is 6.70. The van der Waals surface area contributed by atoms with Crippen LogP contribution in [0.2, 0.25) is 5.02 Å². The molecule has 1 N–H and O–H groups in total. The first-order valence-corrected chi connectivity index (χ1v) is 9.00. The van der Waals surface area contributed by atoms with Gasteiger partial charge in [-0.05, 0) is 24.1 Å². The van der Waals surface area contributed by atoms with E-state index in [1.54, 1.807) is 0 Å². The summed E-state index contributed by atoms with van der Waals surface area (Å²) < 4.78 is 0. The third-order valence-corrected chi connectivity index (χ3v) is 4.81. The number of carbonyl (C=O) groups excluding carboxylic acids is 1. The summed E-state index contributed by atoms with van der Waals surface area (Å²) in [7, 11) is 0. The molecule has 1 aromatic heterocycles. The third kappa shape index (κ3) is 3.83. The number of aromatic nitrogens is 1. The molecular weight excluding hydrogens is 340 g/mol. The molecule has 3 nitrogen and oxygen atoms in total. The number of benzene rings is 2. The van der Waals surface area contributed by atoms with Gasteiger partial charge in [0.05, 0.1) is 11.6 Å². The quantitative estimate of drug-likeness (QED) is 0.646. The lowest BCUT2D eigenvalue weighted by Gasteiger charge is -2.14. The van der Waals surface area contributed by atoms with E-state index in [1.165, 1.54) is 11.3 Å². The molecule has 0 spiro atoms. The van der Waals surface area contributed by atoms with E-state index in [9.17, 15) is 4.79 Å². The fourth-order valence-corrected chi connectivity index (χ4v) is 3.38. The molecule has 24 heavy (non-hydrogen) atoms. The van der Waals surface area contributed by atoms with Crippen LogP contribution >= 0.6 is 22.9 Å². The van der Waals surface area contributed by atoms with Crippen molar-refractivity contribution in [3.63, 3.8) is 0 Å². The number of rotatable bonds is 5. The maximum absolute atomic E-state index is 12.6. The maximum Gasteiger partial charge on any atom is 0.233 e. The number of hydrogen-bond donors (Lipinski definition) is 1. The summed E-state index contributed by atoms with van der Waals surface area (Å²) in [6, 6.07) is 17.3. The zero-order chi connectivity index (χ0) is 16.9. The summed E-state index contributed by atoms with van der Waals surface area (Å²) in [5, 5.41) is 6.17. The number of thiazole rings is 1. The van der Waals surface area contributed by atoms with Crippen LogP contribution < -0.4 is 5.32 Å². The van der Waals surface area contributed by atoms with E-state index in [0.717, 1.165) is 23.2 Å². The van der Waals surface area contributed by atoms with Gasteiger partial charge in [-0.2, -0.15) is 0 Å². The first kappa shape index (κ1) is 16.7. The van der Waals surface area contributed by atoms with Crippen molar-refractivity contribution in [2.24, 2.45) is 0 Å². The zero-order valence-corrected chi connectivity index (χ0v) is 14.8. The second-order valence-electron chi connectivity index (χ2n) is 5.41. The van der Waals surface area contributed by atoms with Crippen LogP contribution in [0.5, 0.6) is 0 Å². The molecule has 0 aliphatic heterocycles. The fraction of sp³-hybridized carbons (Fsp3) is 0.158. The highest BCUT2D eigenvalue weighted by molar-refractivity contribution is 7.14. The van der Waals surface area contributed by atoms with Crippen LogP contribution in [0, 0.1) is 0 Å². The van der Waals surface area contributed by atoms with Crippen LogP contribution in [0.25, 0.3) is 11.3 Å². The molecule has 0 saturated heterocycles. The Kier molecular flexibility index (Phi) is 5.28. The Hall–Kier alpha value is -2.17. The Labute approximate surface area is 150 Å². The first-order valence-electron chi connectivity index (χ1n) is 7.74. The predicted molar refractivity (Wildman–Crippen MR) is 101 cm³/mol. The van der Waals surface area contributed by atoms with Crippen molar-refractivity contribution in [1.82, 2.24) is 4.98 Å². The number of anilines is 1. The lowest BCUT2D eigenvalue weighted by molar-refractivity contribution is -0.117. The molecule has 122 valence electrons. The normalized spacial score (nSPS) is 11.9. The summed E-state index contributed by atoms with van der Waals surface area (Å²) in [5.41, 5.74) is 2.83. The fourth-order valence-electron chi connectivity index (χ4n) is 2.53. The average molecular weight is 357 g/mol. The van der Waals surface area contributed by atoms with Crippen LogP contribution in [0.15, 0.2) is 60.0 Å². The number of nitrogens with zero attached hydrogens (tertiary/aromatic N) is 1. The van der Waals surface area contributed by atoms with Gasteiger partial charge in [0.25, 0.3) is 0 Å². The Balaban J connectivity index is 1.74. The summed E-state index contributed by atoms with van der Waals surface area (Å²) in [6.45, 7) is 2.01. The Morgan fingerprint density at radius 3 is 2.54 bits per heavy atom. The van der Waals surface area contributed by atoms with Crippen molar-refractivity contribution in [3.8, 4) is 11.3 Å². The van der Waals surface area contributed by atoms with Gasteiger partial charge in [0, 0.05) is 16.0 Å². The van der Waals surface area contributed by atoms with Crippen LogP contribution in [0.4, 0.5) is 5.13 Å². The summed E-state index contributed by atoms with van der Waals surface area (Å²) in [5.74, 6) is -0.199. The molecule has 0 bridgehead atoms. The Morgan fingerprint density at radius 2 is 1.88 bits per heavy atom. The van der Waals surface area contributed by atoms with Crippen molar-refractivity contribution in [2.45, 2.75) is 19.3 Å². The number of hydrogen-bond acceptors (Lipinski definition) is 3. The molecule has 0 aliphatic rings. The number of carbonyl (C=O) groups is 1. The highest BCUT2D eigenvalue weighted by Crippen LogP contribution is 2.27. The van der Waals surface area contributed by atoms with Gasteiger partial charge in [0.15, 0.2) is 5.13 Å². The predicted octanol–water partition coefficient (Wildman–Crippen LogP) is 5.60. The third-order valence-electron chi connectivity index (χ3n) is 3.80. The van der Waals surface area contributed by atoms with Crippen molar-refractivity contribution >= 4 is 34.0 Å². The topological polar surface area (TPSA) is 42.0 Å². The van der Waals surface area contributed by atoms with Gasteiger partial charge in [0.1, 0.15) is 0 Å². The van der Waals surface area contributed by atoms with Crippen LogP contribution in [-0.4, -0.2) is 10.9 Å². The van der Waals surface area contributed by atoms with E-state index in [-0.39, 0.29) is 11.8 Å². The Bertz CT molecular complexity index is 815. The number of halogens is 1. The molecule has 1 amide bonds. The lowest BCUT2D eigenvalue weighted by atomic mass is 9.96. The monoisotopic (exact) mass is 356 g/mol. The van der Waals surface area contributed by atoms with E-state index >= 15 is 0 Å². The van der Waals surface area contributed by atoms with Gasteiger partial charge < -0.3 is 5.32 Å². The molecule has 5 heteroatoms. The molecule has 3 aromatic rings. The molecule has 1 atom stereocenters. The first-order chi connectivity index (χ1) is 11.7. The summed E-state index contributed by atoms with van der Waals surface area (Å²) >= 11 is 7.33. The summed E-state index contributed by atoms with van der Waals surface area (Å²) in [6.07, 6.45) is 0.741. The van der Waals surface area contributed by atoms with Gasteiger partial charge in [0.2, 0.25) is 5.91 Å². The van der Waals surface area contributed by atoms with Crippen molar-refractivity contribution in [1.29, 1.82) is 0 Å².